The summed E-state index contributed by atoms with van der Waals surface area (Å²) in [7, 11) is 0. The molecule has 0 bridgehead atoms. The number of aromatic nitrogens is 2. The minimum atomic E-state index is 0.236. The Kier molecular flexibility index (Phi) is 1.83. The maximum absolute atomic E-state index is 5.99. The van der Waals surface area contributed by atoms with Crippen LogP contribution in [-0.2, 0) is 0 Å². The molecule has 4 nitrogen and oxygen atoms in total. The summed E-state index contributed by atoms with van der Waals surface area (Å²) in [6.07, 6.45) is 5.82. The maximum atomic E-state index is 5.99. The van der Waals surface area contributed by atoms with Crippen molar-refractivity contribution in [1.29, 1.82) is 0 Å². The zero-order chi connectivity index (χ0) is 9.54. The van der Waals surface area contributed by atoms with Crippen LogP contribution < -0.4 is 5.73 Å². The Hall–Kier alpha value is -0.900. The van der Waals surface area contributed by atoms with Gasteiger partial charge in [0.05, 0.1) is 0 Å². The van der Waals surface area contributed by atoms with Crippen LogP contribution in [0.4, 0.5) is 0 Å². The van der Waals surface area contributed by atoms with Crippen molar-refractivity contribution in [2.24, 2.45) is 5.73 Å². The van der Waals surface area contributed by atoms with Crippen LogP contribution in [0, 0.1) is 0 Å². The summed E-state index contributed by atoms with van der Waals surface area (Å²) in [4.78, 5) is 4.45. The summed E-state index contributed by atoms with van der Waals surface area (Å²) < 4.78 is 5.23. The summed E-state index contributed by atoms with van der Waals surface area (Å²) in [6.45, 7) is 0. The molecular formula is C10H15N3O. The van der Waals surface area contributed by atoms with Crippen LogP contribution in [0.25, 0.3) is 0 Å². The SMILES string of the molecule is NC1CCCC1c1noc(C2CC2)n1. The summed E-state index contributed by atoms with van der Waals surface area (Å²) >= 11 is 0. The van der Waals surface area contributed by atoms with E-state index in [-0.39, 0.29) is 6.04 Å². The molecule has 2 aliphatic rings. The van der Waals surface area contributed by atoms with E-state index in [1.807, 2.05) is 0 Å². The first kappa shape index (κ1) is 8.41. The number of nitrogens with two attached hydrogens (primary N) is 1. The first-order chi connectivity index (χ1) is 6.84. The Labute approximate surface area is 82.9 Å². The fourth-order valence-electron chi connectivity index (χ4n) is 2.20. The van der Waals surface area contributed by atoms with Gasteiger partial charge < -0.3 is 10.3 Å². The highest BCUT2D eigenvalue weighted by Crippen LogP contribution is 2.40. The van der Waals surface area contributed by atoms with Crippen molar-refractivity contribution in [3.8, 4) is 0 Å². The quantitative estimate of drug-likeness (QED) is 0.773. The van der Waals surface area contributed by atoms with E-state index in [1.54, 1.807) is 0 Å². The molecule has 1 aromatic heterocycles. The molecule has 0 spiro atoms. The third-order valence-corrected chi connectivity index (χ3v) is 3.29. The normalized spacial score (nSPS) is 32.4. The Bertz CT molecular complexity index is 332. The highest BCUT2D eigenvalue weighted by atomic mass is 16.5. The standard InChI is InChI=1S/C10H15N3O/c11-8-3-1-2-7(8)9-12-10(14-13-9)6-4-5-6/h6-8H,1-5,11H2. The van der Waals surface area contributed by atoms with Crippen LogP contribution in [0.2, 0.25) is 0 Å². The van der Waals surface area contributed by atoms with Gasteiger partial charge >= 0.3 is 0 Å². The van der Waals surface area contributed by atoms with Crippen molar-refractivity contribution < 1.29 is 4.52 Å². The molecule has 0 aromatic carbocycles. The van der Waals surface area contributed by atoms with Crippen LogP contribution in [0.3, 0.4) is 0 Å². The molecule has 2 atom stereocenters. The van der Waals surface area contributed by atoms with Crippen LogP contribution in [0.15, 0.2) is 4.52 Å². The molecule has 4 heteroatoms. The Morgan fingerprint density at radius 2 is 2.07 bits per heavy atom. The third-order valence-electron chi connectivity index (χ3n) is 3.29. The molecule has 1 aromatic rings. The molecule has 76 valence electrons. The van der Waals surface area contributed by atoms with Crippen molar-refractivity contribution >= 4 is 0 Å². The highest BCUT2D eigenvalue weighted by molar-refractivity contribution is 5.07. The molecule has 2 N–H and O–H groups in total. The zero-order valence-corrected chi connectivity index (χ0v) is 8.15. The topological polar surface area (TPSA) is 64.9 Å². The van der Waals surface area contributed by atoms with Gasteiger partial charge in [-0.15, -0.1) is 0 Å². The van der Waals surface area contributed by atoms with Crippen molar-refractivity contribution in [3.05, 3.63) is 11.7 Å². The minimum absolute atomic E-state index is 0.236. The van der Waals surface area contributed by atoms with Crippen LogP contribution in [0.5, 0.6) is 0 Å². The highest BCUT2D eigenvalue weighted by Gasteiger charge is 2.33. The maximum Gasteiger partial charge on any atom is 0.229 e. The lowest BCUT2D eigenvalue weighted by molar-refractivity contribution is 0.369. The Morgan fingerprint density at radius 1 is 1.21 bits per heavy atom. The molecule has 0 aliphatic heterocycles. The summed E-state index contributed by atoms with van der Waals surface area (Å²) in [5, 5.41) is 4.04. The van der Waals surface area contributed by atoms with Gasteiger partial charge in [-0.2, -0.15) is 4.98 Å². The Morgan fingerprint density at radius 3 is 2.71 bits per heavy atom. The van der Waals surface area contributed by atoms with E-state index >= 15 is 0 Å². The van der Waals surface area contributed by atoms with Gasteiger partial charge in [0, 0.05) is 17.9 Å². The van der Waals surface area contributed by atoms with Gasteiger partial charge in [0.25, 0.3) is 0 Å². The van der Waals surface area contributed by atoms with Gasteiger partial charge in [0.1, 0.15) is 0 Å². The smallest absolute Gasteiger partial charge is 0.229 e. The van der Waals surface area contributed by atoms with Crippen LogP contribution in [-0.4, -0.2) is 16.2 Å². The third kappa shape index (κ3) is 1.34. The number of hydrogen-bond acceptors (Lipinski definition) is 4. The molecule has 2 aliphatic carbocycles. The van der Waals surface area contributed by atoms with Crippen LogP contribution in [0.1, 0.15) is 55.7 Å². The molecule has 2 unspecified atom stereocenters. The second-order valence-corrected chi connectivity index (χ2v) is 4.47. The summed E-state index contributed by atoms with van der Waals surface area (Å²) in [5.41, 5.74) is 5.99. The fourth-order valence-corrected chi connectivity index (χ4v) is 2.20. The lowest BCUT2D eigenvalue weighted by atomic mass is 10.0. The molecule has 3 rings (SSSR count). The molecule has 0 amide bonds. The molecular weight excluding hydrogens is 178 g/mol. The van der Waals surface area contributed by atoms with Gasteiger partial charge in [-0.1, -0.05) is 11.6 Å². The lowest BCUT2D eigenvalue weighted by Gasteiger charge is -2.09. The summed E-state index contributed by atoms with van der Waals surface area (Å²) in [6, 6.07) is 0.236. The molecule has 2 saturated carbocycles. The van der Waals surface area contributed by atoms with E-state index in [9.17, 15) is 0 Å². The van der Waals surface area contributed by atoms with Gasteiger partial charge in [0.2, 0.25) is 5.89 Å². The fraction of sp³-hybridized carbons (Fsp3) is 0.800. The van der Waals surface area contributed by atoms with E-state index < -0.39 is 0 Å². The molecule has 14 heavy (non-hydrogen) atoms. The van der Waals surface area contributed by atoms with Gasteiger partial charge in [-0.05, 0) is 25.7 Å². The van der Waals surface area contributed by atoms with Crippen LogP contribution >= 0.6 is 0 Å². The van der Waals surface area contributed by atoms with Gasteiger partial charge in [-0.3, -0.25) is 0 Å². The van der Waals surface area contributed by atoms with E-state index in [1.165, 1.54) is 19.3 Å². The van der Waals surface area contributed by atoms with Gasteiger partial charge in [0.15, 0.2) is 5.82 Å². The first-order valence-corrected chi connectivity index (χ1v) is 5.43. The van der Waals surface area contributed by atoms with E-state index in [2.05, 4.69) is 10.1 Å². The average molecular weight is 193 g/mol. The second kappa shape index (κ2) is 3.05. The van der Waals surface area contributed by atoms with Crippen molar-refractivity contribution in [3.63, 3.8) is 0 Å². The molecule has 0 saturated heterocycles. The minimum Gasteiger partial charge on any atom is -0.339 e. The van der Waals surface area contributed by atoms with Gasteiger partial charge in [-0.25, -0.2) is 0 Å². The predicted molar refractivity (Wildman–Crippen MR) is 50.8 cm³/mol. The Balaban J connectivity index is 1.81. The molecule has 2 fully saturated rings. The summed E-state index contributed by atoms with van der Waals surface area (Å²) in [5.74, 6) is 2.57. The van der Waals surface area contributed by atoms with Crippen molar-refractivity contribution in [2.45, 2.75) is 50.0 Å². The second-order valence-electron chi connectivity index (χ2n) is 4.47. The number of hydrogen-bond donors (Lipinski definition) is 1. The number of rotatable bonds is 2. The molecule has 0 radical (unpaired) electrons. The van der Waals surface area contributed by atoms with Crippen molar-refractivity contribution in [2.75, 3.05) is 0 Å². The van der Waals surface area contributed by atoms with E-state index in [4.69, 9.17) is 10.3 Å². The largest absolute Gasteiger partial charge is 0.339 e. The van der Waals surface area contributed by atoms with E-state index in [0.717, 1.165) is 24.6 Å². The average Bonchev–Trinajstić information content (AvgIpc) is 2.75. The lowest BCUT2D eigenvalue weighted by Crippen LogP contribution is -2.23. The number of nitrogens with zero attached hydrogens (tertiary/aromatic N) is 2. The predicted octanol–water partition coefficient (Wildman–Crippen LogP) is 1.54. The first-order valence-electron chi connectivity index (χ1n) is 5.43. The van der Waals surface area contributed by atoms with E-state index in [0.29, 0.717) is 11.8 Å². The molecule has 1 heterocycles. The monoisotopic (exact) mass is 193 g/mol. The zero-order valence-electron chi connectivity index (χ0n) is 8.15. The van der Waals surface area contributed by atoms with Crippen molar-refractivity contribution in [1.82, 2.24) is 10.1 Å².